The Morgan fingerprint density at radius 2 is 1.49 bits per heavy atom. The number of fused-ring (bicyclic) bond motifs is 2. The van der Waals surface area contributed by atoms with Gasteiger partial charge >= 0.3 is 0 Å². The Balaban J connectivity index is 1.30. The van der Waals surface area contributed by atoms with Crippen LogP contribution in [0.1, 0.15) is 55.5 Å². The Hall–Kier alpha value is -5.09. The van der Waals surface area contributed by atoms with Crippen molar-refractivity contribution in [3.8, 4) is 0 Å². The molecule has 0 heterocycles. The fourth-order valence-corrected chi connectivity index (χ4v) is 5.55. The Morgan fingerprint density at radius 3 is 2.17 bits per heavy atom. The SMILES string of the molecule is CCC(Sc1cccc(NC(=O)c2ccc([N+](=O)[O-])cc2)c1)C(=O)Nc1cccc2c1C(=O)c1ccccc1C2=O. The van der Waals surface area contributed by atoms with E-state index in [0.717, 1.165) is 4.90 Å². The second-order valence-electron chi connectivity index (χ2n) is 9.22. The third kappa shape index (κ3) is 5.64. The van der Waals surface area contributed by atoms with Gasteiger partial charge in [-0.3, -0.25) is 29.3 Å². The van der Waals surface area contributed by atoms with Crippen LogP contribution in [0.2, 0.25) is 0 Å². The fourth-order valence-electron chi connectivity index (χ4n) is 4.53. The van der Waals surface area contributed by atoms with E-state index < -0.39 is 16.1 Å². The normalized spacial score (nSPS) is 12.6. The van der Waals surface area contributed by atoms with Crippen molar-refractivity contribution >= 4 is 52.2 Å². The van der Waals surface area contributed by atoms with Crippen molar-refractivity contribution in [2.45, 2.75) is 23.5 Å². The van der Waals surface area contributed by atoms with Crippen LogP contribution in [0.4, 0.5) is 17.1 Å². The van der Waals surface area contributed by atoms with Gasteiger partial charge in [0.1, 0.15) is 0 Å². The van der Waals surface area contributed by atoms with E-state index >= 15 is 0 Å². The van der Waals surface area contributed by atoms with Gasteiger partial charge in [0.2, 0.25) is 5.91 Å². The number of anilines is 2. The maximum Gasteiger partial charge on any atom is 0.269 e. The lowest BCUT2D eigenvalue weighted by atomic mass is 9.83. The number of non-ortho nitro benzene ring substituents is 1. The van der Waals surface area contributed by atoms with Gasteiger partial charge in [-0.05, 0) is 42.8 Å². The molecule has 4 aromatic carbocycles. The van der Waals surface area contributed by atoms with Gasteiger partial charge in [0.25, 0.3) is 11.6 Å². The fraction of sp³-hybridized carbons (Fsp3) is 0.0968. The maximum atomic E-state index is 13.3. The number of nitro groups is 1. The van der Waals surface area contributed by atoms with Crippen LogP contribution in [0.5, 0.6) is 0 Å². The van der Waals surface area contributed by atoms with Crippen LogP contribution in [-0.2, 0) is 4.79 Å². The van der Waals surface area contributed by atoms with Crippen molar-refractivity contribution in [2.75, 3.05) is 10.6 Å². The van der Waals surface area contributed by atoms with Crippen molar-refractivity contribution in [1.82, 2.24) is 0 Å². The average Bonchev–Trinajstić information content (AvgIpc) is 2.98. The highest BCUT2D eigenvalue weighted by molar-refractivity contribution is 8.00. The van der Waals surface area contributed by atoms with Gasteiger partial charge in [0.05, 0.1) is 21.4 Å². The molecule has 9 nitrogen and oxygen atoms in total. The standard InChI is InChI=1S/C31H23N3O6S/c1-2-26(41-21-8-5-7-19(17-21)32-30(37)18-13-15-20(16-14-18)34(39)40)31(38)33-25-12-6-11-24-27(25)29(36)23-10-4-3-9-22(23)28(24)35/h3-17,26H,2H2,1H3,(H,32,37)(H,33,38). The van der Waals surface area contributed by atoms with Crippen LogP contribution in [0.15, 0.2) is 95.9 Å². The molecule has 4 aromatic rings. The van der Waals surface area contributed by atoms with Crippen LogP contribution >= 0.6 is 11.8 Å². The van der Waals surface area contributed by atoms with E-state index in [1.165, 1.54) is 36.0 Å². The molecule has 0 aromatic heterocycles. The third-order valence-corrected chi connectivity index (χ3v) is 7.94. The number of carbonyl (C=O) groups excluding carboxylic acids is 4. The third-order valence-electron chi connectivity index (χ3n) is 6.58. The first-order valence-corrected chi connectivity index (χ1v) is 13.6. The van der Waals surface area contributed by atoms with E-state index in [1.807, 2.05) is 13.0 Å². The summed E-state index contributed by atoms with van der Waals surface area (Å²) in [5, 5.41) is 15.9. The second-order valence-corrected chi connectivity index (χ2v) is 10.5. The molecule has 0 spiro atoms. The summed E-state index contributed by atoms with van der Waals surface area (Å²) in [5.74, 6) is -1.34. The highest BCUT2D eigenvalue weighted by atomic mass is 32.2. The number of nitrogens with one attached hydrogen (secondary N) is 2. The predicted molar refractivity (Wildman–Crippen MR) is 156 cm³/mol. The zero-order valence-corrected chi connectivity index (χ0v) is 22.6. The zero-order valence-electron chi connectivity index (χ0n) is 21.7. The summed E-state index contributed by atoms with van der Waals surface area (Å²) in [5.41, 5.74) is 2.01. The average molecular weight is 566 g/mol. The summed E-state index contributed by atoms with van der Waals surface area (Å²) in [6.07, 6.45) is 0.473. The molecular weight excluding hydrogens is 542 g/mol. The molecule has 1 aliphatic rings. The lowest BCUT2D eigenvalue weighted by Gasteiger charge is -2.21. The summed E-state index contributed by atoms with van der Waals surface area (Å²) >= 11 is 1.30. The van der Waals surface area contributed by atoms with Crippen LogP contribution < -0.4 is 10.6 Å². The minimum absolute atomic E-state index is 0.111. The lowest BCUT2D eigenvalue weighted by molar-refractivity contribution is -0.384. The van der Waals surface area contributed by atoms with Crippen molar-refractivity contribution < 1.29 is 24.1 Å². The Morgan fingerprint density at radius 1 is 0.829 bits per heavy atom. The van der Waals surface area contributed by atoms with E-state index in [-0.39, 0.29) is 45.5 Å². The van der Waals surface area contributed by atoms with Crippen LogP contribution in [0.25, 0.3) is 0 Å². The minimum atomic E-state index is -0.536. The van der Waals surface area contributed by atoms with Gasteiger partial charge in [-0.25, -0.2) is 0 Å². The Labute approximate surface area is 239 Å². The predicted octanol–water partition coefficient (Wildman–Crippen LogP) is 6.13. The topological polar surface area (TPSA) is 135 Å². The molecule has 1 aliphatic carbocycles. The molecule has 1 atom stereocenters. The summed E-state index contributed by atoms with van der Waals surface area (Å²) in [4.78, 5) is 63.4. The highest BCUT2D eigenvalue weighted by Crippen LogP contribution is 2.33. The van der Waals surface area contributed by atoms with E-state index in [4.69, 9.17) is 0 Å². The van der Waals surface area contributed by atoms with E-state index in [2.05, 4.69) is 10.6 Å². The molecule has 0 saturated carbocycles. The Kier molecular flexibility index (Phi) is 7.75. The van der Waals surface area contributed by atoms with Crippen molar-refractivity contribution in [2.24, 2.45) is 0 Å². The molecule has 5 rings (SSSR count). The van der Waals surface area contributed by atoms with Gasteiger partial charge in [0.15, 0.2) is 11.6 Å². The lowest BCUT2D eigenvalue weighted by Crippen LogP contribution is -2.28. The number of hydrogen-bond donors (Lipinski definition) is 2. The summed E-state index contributed by atoms with van der Waals surface area (Å²) < 4.78 is 0. The zero-order chi connectivity index (χ0) is 29.1. The Bertz CT molecular complexity index is 1720. The summed E-state index contributed by atoms with van der Waals surface area (Å²) in [7, 11) is 0. The van der Waals surface area contributed by atoms with Gasteiger partial charge < -0.3 is 10.6 Å². The molecule has 0 radical (unpaired) electrons. The van der Waals surface area contributed by atoms with Crippen LogP contribution in [0, 0.1) is 10.1 Å². The molecule has 0 bridgehead atoms. The van der Waals surface area contributed by atoms with E-state index in [1.54, 1.807) is 60.7 Å². The molecule has 0 saturated heterocycles. The smallest absolute Gasteiger partial charge is 0.269 e. The number of nitrogens with zero attached hydrogens (tertiary/aromatic N) is 1. The van der Waals surface area contributed by atoms with E-state index in [0.29, 0.717) is 23.2 Å². The summed E-state index contributed by atoms with van der Waals surface area (Å²) in [6.45, 7) is 1.86. The molecule has 1 unspecified atom stereocenters. The van der Waals surface area contributed by atoms with Crippen LogP contribution in [-0.4, -0.2) is 33.6 Å². The first-order chi connectivity index (χ1) is 19.8. The molecule has 204 valence electrons. The van der Waals surface area contributed by atoms with Gasteiger partial charge in [-0.2, -0.15) is 0 Å². The first-order valence-electron chi connectivity index (χ1n) is 12.7. The van der Waals surface area contributed by atoms with Crippen molar-refractivity contribution in [1.29, 1.82) is 0 Å². The molecule has 2 amide bonds. The number of hydrogen-bond acceptors (Lipinski definition) is 7. The number of nitro benzene ring substituents is 1. The molecule has 2 N–H and O–H groups in total. The number of thioether (sulfide) groups is 1. The van der Waals surface area contributed by atoms with Gasteiger partial charge in [0, 0.05) is 45.0 Å². The molecule has 0 aliphatic heterocycles. The maximum absolute atomic E-state index is 13.3. The molecule has 41 heavy (non-hydrogen) atoms. The van der Waals surface area contributed by atoms with Crippen molar-refractivity contribution in [3.05, 3.63) is 129 Å². The van der Waals surface area contributed by atoms with Gasteiger partial charge in [-0.1, -0.05) is 49.4 Å². The molecule has 0 fully saturated rings. The summed E-state index contributed by atoms with van der Waals surface area (Å²) in [6, 6.07) is 23.7. The second kappa shape index (κ2) is 11.6. The van der Waals surface area contributed by atoms with Gasteiger partial charge in [-0.15, -0.1) is 11.8 Å². The number of ketones is 2. The monoisotopic (exact) mass is 565 g/mol. The number of amides is 2. The molecular formula is C31H23N3O6S. The number of benzene rings is 4. The van der Waals surface area contributed by atoms with Crippen LogP contribution in [0.3, 0.4) is 0 Å². The number of carbonyl (C=O) groups is 4. The largest absolute Gasteiger partial charge is 0.324 e. The highest BCUT2D eigenvalue weighted by Gasteiger charge is 2.32. The minimum Gasteiger partial charge on any atom is -0.324 e. The van der Waals surface area contributed by atoms with E-state index in [9.17, 15) is 29.3 Å². The van der Waals surface area contributed by atoms with Crippen molar-refractivity contribution in [3.63, 3.8) is 0 Å². The number of rotatable bonds is 8. The quantitative estimate of drug-likeness (QED) is 0.131. The molecule has 10 heteroatoms. The first kappa shape index (κ1) is 27.5.